The SMILES string of the molecule is CCNC(=NCc1c(F)cccc1OC(F)F)NC1CCN(C(=O)OC)CC1.I. The van der Waals surface area contributed by atoms with Crippen molar-refractivity contribution in [1.82, 2.24) is 15.5 Å². The van der Waals surface area contributed by atoms with Gasteiger partial charge < -0.3 is 25.0 Å². The predicted octanol–water partition coefficient (Wildman–Crippen LogP) is 3.33. The summed E-state index contributed by atoms with van der Waals surface area (Å²) < 4.78 is 48.2. The molecule has 1 aromatic carbocycles. The number of rotatable bonds is 6. The van der Waals surface area contributed by atoms with Gasteiger partial charge in [-0.2, -0.15) is 8.78 Å². The normalized spacial score (nSPS) is 15.0. The van der Waals surface area contributed by atoms with Gasteiger partial charge in [-0.3, -0.25) is 0 Å². The Morgan fingerprint density at radius 1 is 1.34 bits per heavy atom. The number of piperidine rings is 1. The maximum Gasteiger partial charge on any atom is 0.409 e. The number of nitrogens with zero attached hydrogens (tertiary/aromatic N) is 2. The first-order chi connectivity index (χ1) is 13.4. The number of hydrogen-bond acceptors (Lipinski definition) is 4. The van der Waals surface area contributed by atoms with Crippen LogP contribution in [0.1, 0.15) is 25.3 Å². The van der Waals surface area contributed by atoms with Crippen LogP contribution < -0.4 is 15.4 Å². The summed E-state index contributed by atoms with van der Waals surface area (Å²) in [7, 11) is 1.34. The molecule has 1 fully saturated rings. The molecule has 1 heterocycles. The molecule has 0 bridgehead atoms. The van der Waals surface area contributed by atoms with Gasteiger partial charge >= 0.3 is 12.7 Å². The average molecular weight is 530 g/mol. The molecule has 0 atom stereocenters. The molecule has 0 aromatic heterocycles. The number of alkyl halides is 2. The molecule has 29 heavy (non-hydrogen) atoms. The number of ether oxygens (including phenoxy) is 2. The fourth-order valence-electron chi connectivity index (χ4n) is 2.91. The monoisotopic (exact) mass is 530 g/mol. The van der Waals surface area contributed by atoms with Crippen LogP contribution in [0.4, 0.5) is 18.0 Å². The summed E-state index contributed by atoms with van der Waals surface area (Å²) in [5, 5.41) is 6.28. The highest BCUT2D eigenvalue weighted by molar-refractivity contribution is 14.0. The average Bonchev–Trinajstić information content (AvgIpc) is 2.67. The van der Waals surface area contributed by atoms with E-state index in [1.165, 1.54) is 25.3 Å². The van der Waals surface area contributed by atoms with Crippen LogP contribution in [0.25, 0.3) is 0 Å². The summed E-state index contributed by atoms with van der Waals surface area (Å²) in [4.78, 5) is 17.5. The molecule has 11 heteroatoms. The smallest absolute Gasteiger partial charge is 0.409 e. The van der Waals surface area contributed by atoms with E-state index in [4.69, 9.17) is 4.74 Å². The third-order valence-electron chi connectivity index (χ3n) is 4.30. The van der Waals surface area contributed by atoms with Gasteiger partial charge in [-0.15, -0.1) is 24.0 Å². The summed E-state index contributed by atoms with van der Waals surface area (Å²) in [6, 6.07) is 3.82. The second kappa shape index (κ2) is 12.6. The van der Waals surface area contributed by atoms with E-state index in [-0.39, 0.29) is 54.0 Å². The molecule has 1 amide bonds. The molecule has 164 valence electrons. The third-order valence-corrected chi connectivity index (χ3v) is 4.30. The van der Waals surface area contributed by atoms with Crippen molar-refractivity contribution >= 4 is 36.0 Å². The van der Waals surface area contributed by atoms with Crippen LogP contribution in [0.15, 0.2) is 23.2 Å². The zero-order chi connectivity index (χ0) is 20.5. The van der Waals surface area contributed by atoms with Crippen molar-refractivity contribution in [3.05, 3.63) is 29.6 Å². The first-order valence-electron chi connectivity index (χ1n) is 9.04. The number of benzene rings is 1. The van der Waals surface area contributed by atoms with Gasteiger partial charge in [0.05, 0.1) is 19.2 Å². The molecule has 7 nitrogen and oxygen atoms in total. The Balaban J connectivity index is 0.00000420. The summed E-state index contributed by atoms with van der Waals surface area (Å²) in [6.45, 7) is 0.337. The molecule has 0 saturated carbocycles. The molecule has 0 aliphatic carbocycles. The Kier molecular flexibility index (Phi) is 10.9. The van der Waals surface area contributed by atoms with Crippen molar-refractivity contribution in [3.8, 4) is 5.75 Å². The predicted molar refractivity (Wildman–Crippen MR) is 113 cm³/mol. The number of carbonyl (C=O) groups is 1. The van der Waals surface area contributed by atoms with Crippen LogP contribution >= 0.6 is 24.0 Å². The van der Waals surface area contributed by atoms with Crippen LogP contribution in [-0.4, -0.2) is 56.4 Å². The first-order valence-corrected chi connectivity index (χ1v) is 9.04. The molecule has 1 aliphatic heterocycles. The standard InChI is InChI=1S/C18H25F3N4O3.HI/c1-3-22-17(24-12-7-9-25(10-8-12)18(26)27-2)23-11-13-14(19)5-4-6-15(13)28-16(20)21;/h4-6,12,16H,3,7-11H2,1-2H3,(H2,22,23,24);1H. The zero-order valence-electron chi connectivity index (χ0n) is 16.3. The summed E-state index contributed by atoms with van der Waals surface area (Å²) in [6.07, 6.45) is 1.03. The second-order valence-corrected chi connectivity index (χ2v) is 6.17. The highest BCUT2D eigenvalue weighted by Gasteiger charge is 2.23. The third kappa shape index (κ3) is 7.78. The number of aliphatic imine (C=N–C) groups is 1. The topological polar surface area (TPSA) is 75.2 Å². The Hall–Kier alpha value is -1.92. The fourth-order valence-corrected chi connectivity index (χ4v) is 2.91. The molecule has 0 unspecified atom stereocenters. The molecule has 1 aliphatic rings. The molecule has 0 spiro atoms. The summed E-state index contributed by atoms with van der Waals surface area (Å²) in [5.41, 5.74) is -0.0412. The summed E-state index contributed by atoms with van der Waals surface area (Å²) in [5.74, 6) is -0.463. The van der Waals surface area contributed by atoms with E-state index in [1.54, 1.807) is 4.90 Å². The lowest BCUT2D eigenvalue weighted by molar-refractivity contribution is -0.0506. The molecule has 1 aromatic rings. The van der Waals surface area contributed by atoms with E-state index in [9.17, 15) is 18.0 Å². The van der Waals surface area contributed by atoms with Gasteiger partial charge in [0.15, 0.2) is 5.96 Å². The van der Waals surface area contributed by atoms with Crippen molar-refractivity contribution < 1.29 is 27.4 Å². The van der Waals surface area contributed by atoms with Crippen LogP contribution in [0.5, 0.6) is 5.75 Å². The first kappa shape index (κ1) is 25.1. The molecule has 0 radical (unpaired) electrons. The Bertz CT molecular complexity index is 686. The van der Waals surface area contributed by atoms with Crippen LogP contribution in [0.3, 0.4) is 0 Å². The second-order valence-electron chi connectivity index (χ2n) is 6.17. The van der Waals surface area contributed by atoms with E-state index in [2.05, 4.69) is 20.4 Å². The van der Waals surface area contributed by atoms with E-state index >= 15 is 0 Å². The van der Waals surface area contributed by atoms with E-state index in [0.717, 1.165) is 0 Å². The van der Waals surface area contributed by atoms with Gasteiger partial charge in [-0.05, 0) is 31.9 Å². The largest absolute Gasteiger partial charge is 0.453 e. The van der Waals surface area contributed by atoms with Crippen molar-refractivity contribution in [2.45, 2.75) is 39.0 Å². The Morgan fingerprint density at radius 2 is 2.03 bits per heavy atom. The molecular formula is C18H26F3IN4O3. The van der Waals surface area contributed by atoms with Gasteiger partial charge in [0.25, 0.3) is 0 Å². The van der Waals surface area contributed by atoms with Crippen LogP contribution in [-0.2, 0) is 11.3 Å². The highest BCUT2D eigenvalue weighted by atomic mass is 127. The maximum absolute atomic E-state index is 14.1. The molecule has 2 rings (SSSR count). The van der Waals surface area contributed by atoms with Crippen molar-refractivity contribution in [1.29, 1.82) is 0 Å². The minimum Gasteiger partial charge on any atom is -0.453 e. The number of halogens is 4. The Labute approximate surface area is 185 Å². The van der Waals surface area contributed by atoms with Crippen LogP contribution in [0, 0.1) is 5.82 Å². The lowest BCUT2D eigenvalue weighted by atomic mass is 10.1. The van der Waals surface area contributed by atoms with E-state index in [1.807, 2.05) is 6.92 Å². The molecular weight excluding hydrogens is 504 g/mol. The summed E-state index contributed by atoms with van der Waals surface area (Å²) >= 11 is 0. The van der Waals surface area contributed by atoms with Gasteiger partial charge in [0, 0.05) is 25.7 Å². The number of nitrogens with one attached hydrogen (secondary N) is 2. The number of likely N-dealkylation sites (tertiary alicyclic amines) is 1. The minimum absolute atomic E-state index is 0. The maximum atomic E-state index is 14.1. The van der Waals surface area contributed by atoms with Crippen molar-refractivity contribution in [3.63, 3.8) is 0 Å². The number of amides is 1. The highest BCUT2D eigenvalue weighted by Crippen LogP contribution is 2.24. The minimum atomic E-state index is -3.05. The molecule has 2 N–H and O–H groups in total. The number of methoxy groups -OCH3 is 1. The molecule has 1 saturated heterocycles. The lowest BCUT2D eigenvalue weighted by Crippen LogP contribution is -2.49. The van der Waals surface area contributed by atoms with Gasteiger partial charge in [-0.25, -0.2) is 14.2 Å². The van der Waals surface area contributed by atoms with Crippen molar-refractivity contribution in [2.75, 3.05) is 26.7 Å². The van der Waals surface area contributed by atoms with Gasteiger partial charge in [0.1, 0.15) is 11.6 Å². The quantitative estimate of drug-likeness (QED) is 0.336. The van der Waals surface area contributed by atoms with Crippen LogP contribution in [0.2, 0.25) is 0 Å². The van der Waals surface area contributed by atoms with Gasteiger partial charge in [0.2, 0.25) is 0 Å². The number of guanidine groups is 1. The lowest BCUT2D eigenvalue weighted by Gasteiger charge is -2.32. The van der Waals surface area contributed by atoms with E-state index < -0.39 is 12.4 Å². The number of carbonyl (C=O) groups excluding carboxylic acids is 1. The zero-order valence-corrected chi connectivity index (χ0v) is 18.6. The fraction of sp³-hybridized carbons (Fsp3) is 0.556. The Morgan fingerprint density at radius 3 is 2.62 bits per heavy atom. The van der Waals surface area contributed by atoms with Gasteiger partial charge in [-0.1, -0.05) is 6.07 Å². The number of hydrogen-bond donors (Lipinski definition) is 2. The van der Waals surface area contributed by atoms with E-state index in [0.29, 0.717) is 38.4 Å². The van der Waals surface area contributed by atoms with Crippen molar-refractivity contribution in [2.24, 2.45) is 4.99 Å².